The Morgan fingerprint density at radius 2 is 1.79 bits per heavy atom. The zero-order valence-electron chi connectivity index (χ0n) is 23.5. The van der Waals surface area contributed by atoms with Crippen molar-refractivity contribution in [3.8, 4) is 33.9 Å². The van der Waals surface area contributed by atoms with E-state index in [0.29, 0.717) is 61.7 Å². The lowest BCUT2D eigenvalue weighted by Gasteiger charge is -2.08. The molecule has 3 N–H and O–H groups in total. The number of aromatic amines is 2. The predicted molar refractivity (Wildman–Crippen MR) is 162 cm³/mol. The second-order valence-electron chi connectivity index (χ2n) is 10.7. The Bertz CT molecular complexity index is 2120. The number of nitrogens with one attached hydrogen (secondary N) is 3. The first-order valence-corrected chi connectivity index (χ1v) is 15.5. The van der Waals surface area contributed by atoms with Gasteiger partial charge in [-0.1, -0.05) is 19.9 Å². The molecule has 0 atom stereocenters. The maximum atomic E-state index is 14.6. The number of carbonyl (C=O) groups is 1. The molecule has 0 aliphatic heterocycles. The number of hydrogen-bond donors (Lipinski definition) is 3. The van der Waals surface area contributed by atoms with Crippen molar-refractivity contribution in [3.05, 3.63) is 72.7 Å². The lowest BCUT2D eigenvalue weighted by molar-refractivity contribution is -0.118. The number of carbonyl (C=O) groups excluding carboxylic acids is 1. The molecule has 0 saturated carbocycles. The second-order valence-corrected chi connectivity index (χ2v) is 13.0. The van der Waals surface area contributed by atoms with Gasteiger partial charge in [-0.05, 0) is 41.8 Å². The first-order valence-electron chi connectivity index (χ1n) is 13.5. The predicted octanol–water partition coefficient (Wildman–Crippen LogP) is 4.95. The molecule has 0 bridgehead atoms. The minimum Gasteiger partial charge on any atom is -0.335 e. The fourth-order valence-electron chi connectivity index (χ4n) is 4.70. The summed E-state index contributed by atoms with van der Waals surface area (Å²) in [6.45, 7) is 3.63. The number of H-pyrrole nitrogens is 2. The van der Waals surface area contributed by atoms with Crippen molar-refractivity contribution in [1.82, 2.24) is 35.1 Å². The van der Waals surface area contributed by atoms with E-state index in [1.165, 1.54) is 12.1 Å². The summed E-state index contributed by atoms with van der Waals surface area (Å²) in [6, 6.07) is 8.15. The summed E-state index contributed by atoms with van der Waals surface area (Å²) >= 11 is 0. The fraction of sp³-hybridized carbons (Fsp3) is 0.200. The van der Waals surface area contributed by atoms with Crippen LogP contribution in [0.5, 0.6) is 0 Å². The minimum atomic E-state index is -3.20. The number of pyridine rings is 3. The molecule has 218 valence electrons. The number of sulfone groups is 1. The molecule has 0 unspecified atom stereocenters. The first-order chi connectivity index (χ1) is 20.5. The van der Waals surface area contributed by atoms with E-state index in [4.69, 9.17) is 4.98 Å². The van der Waals surface area contributed by atoms with E-state index in [2.05, 4.69) is 35.5 Å². The van der Waals surface area contributed by atoms with E-state index in [9.17, 15) is 17.6 Å². The molecule has 0 radical (unpaired) electrons. The van der Waals surface area contributed by atoms with Crippen LogP contribution < -0.4 is 5.32 Å². The number of hydrogen-bond acceptors (Lipinski definition) is 8. The number of aryl methyl sites for hydroxylation is 1. The first kappa shape index (κ1) is 28.1. The molecule has 1 aromatic carbocycles. The maximum Gasteiger partial charge on any atom is 0.226 e. The molecule has 43 heavy (non-hydrogen) atoms. The highest BCUT2D eigenvalue weighted by molar-refractivity contribution is 7.90. The normalized spacial score (nSPS) is 11.9. The van der Waals surface area contributed by atoms with E-state index < -0.39 is 15.7 Å². The van der Waals surface area contributed by atoms with Crippen LogP contribution in [0.25, 0.3) is 55.8 Å². The van der Waals surface area contributed by atoms with Crippen LogP contribution in [-0.4, -0.2) is 61.5 Å². The third-order valence-corrected chi connectivity index (χ3v) is 7.87. The van der Waals surface area contributed by atoms with Gasteiger partial charge in [-0.3, -0.25) is 24.8 Å². The van der Waals surface area contributed by atoms with Gasteiger partial charge in [0.05, 0.1) is 52.3 Å². The Kier molecular flexibility index (Phi) is 7.18. The molecule has 0 spiro atoms. The summed E-state index contributed by atoms with van der Waals surface area (Å²) in [5, 5.41) is 11.1. The molecule has 0 aliphatic carbocycles. The number of aromatic nitrogens is 7. The third-order valence-electron chi connectivity index (χ3n) is 6.92. The van der Waals surface area contributed by atoms with Crippen molar-refractivity contribution >= 4 is 43.4 Å². The van der Waals surface area contributed by atoms with Crippen LogP contribution in [0, 0.1) is 11.7 Å². The fourth-order valence-corrected chi connectivity index (χ4v) is 5.31. The van der Waals surface area contributed by atoms with E-state index in [0.717, 1.165) is 11.6 Å². The summed E-state index contributed by atoms with van der Waals surface area (Å²) in [7, 11) is -3.20. The molecular weight excluding hydrogens is 571 g/mol. The van der Waals surface area contributed by atoms with Gasteiger partial charge in [-0.2, -0.15) is 5.10 Å². The molecule has 5 heterocycles. The van der Waals surface area contributed by atoms with Crippen molar-refractivity contribution in [1.29, 1.82) is 0 Å². The molecule has 0 fully saturated rings. The molecule has 6 aromatic rings. The van der Waals surface area contributed by atoms with Gasteiger partial charge in [0.25, 0.3) is 0 Å². The smallest absolute Gasteiger partial charge is 0.226 e. The monoisotopic (exact) mass is 598 g/mol. The van der Waals surface area contributed by atoms with Gasteiger partial charge < -0.3 is 10.3 Å². The Balaban J connectivity index is 1.38. The van der Waals surface area contributed by atoms with Gasteiger partial charge in [0.2, 0.25) is 5.91 Å². The Morgan fingerprint density at radius 1 is 0.977 bits per heavy atom. The van der Waals surface area contributed by atoms with E-state index in [1.54, 1.807) is 37.1 Å². The quantitative estimate of drug-likeness (QED) is 0.222. The van der Waals surface area contributed by atoms with Gasteiger partial charge >= 0.3 is 0 Å². The van der Waals surface area contributed by atoms with E-state index in [-0.39, 0.29) is 24.0 Å². The highest BCUT2D eigenvalue weighted by Gasteiger charge is 2.18. The minimum absolute atomic E-state index is 0.0824. The number of anilines is 1. The number of halogens is 1. The van der Waals surface area contributed by atoms with Crippen LogP contribution in [0.15, 0.2) is 61.3 Å². The van der Waals surface area contributed by atoms with E-state index >= 15 is 0 Å². The molecule has 5 aromatic heterocycles. The summed E-state index contributed by atoms with van der Waals surface area (Å²) in [4.78, 5) is 33.4. The molecule has 0 aliphatic rings. The Morgan fingerprint density at radius 3 is 2.58 bits per heavy atom. The number of rotatable bonds is 8. The van der Waals surface area contributed by atoms with Crippen molar-refractivity contribution < 1.29 is 17.6 Å². The zero-order chi connectivity index (χ0) is 30.3. The number of amides is 1. The summed E-state index contributed by atoms with van der Waals surface area (Å²) in [5.74, 6) is -0.372. The lowest BCUT2D eigenvalue weighted by Crippen LogP contribution is -2.17. The van der Waals surface area contributed by atoms with Crippen molar-refractivity contribution in [2.75, 3.05) is 17.3 Å². The van der Waals surface area contributed by atoms with Gasteiger partial charge in [0.1, 0.15) is 21.3 Å². The van der Waals surface area contributed by atoms with Crippen LogP contribution >= 0.6 is 0 Å². The Labute approximate surface area is 246 Å². The summed E-state index contributed by atoms with van der Waals surface area (Å²) in [6.07, 6.45) is 9.49. The number of nitrogens with zero attached hydrogens (tertiary/aromatic N) is 5. The lowest BCUT2D eigenvalue weighted by atomic mass is 10.0. The summed E-state index contributed by atoms with van der Waals surface area (Å²) in [5.41, 5.74) is 6.02. The topological polar surface area (TPSA) is 159 Å². The van der Waals surface area contributed by atoms with Crippen LogP contribution in [0.2, 0.25) is 0 Å². The molecule has 0 saturated heterocycles. The molecule has 1 amide bonds. The van der Waals surface area contributed by atoms with Crippen LogP contribution in [0.3, 0.4) is 0 Å². The molecular formula is C30H27FN8O3S. The maximum absolute atomic E-state index is 14.6. The van der Waals surface area contributed by atoms with Crippen molar-refractivity contribution in [2.45, 2.75) is 20.3 Å². The van der Waals surface area contributed by atoms with Gasteiger partial charge in [0.15, 0.2) is 5.82 Å². The molecule has 11 nitrogen and oxygen atoms in total. The van der Waals surface area contributed by atoms with Gasteiger partial charge in [-0.15, -0.1) is 0 Å². The van der Waals surface area contributed by atoms with Gasteiger partial charge in [-0.25, -0.2) is 17.8 Å². The van der Waals surface area contributed by atoms with Crippen LogP contribution in [0.4, 0.5) is 10.1 Å². The molecule has 13 heteroatoms. The Hall–Kier alpha value is -5.04. The second kappa shape index (κ2) is 11.0. The van der Waals surface area contributed by atoms with Gasteiger partial charge in [0, 0.05) is 41.1 Å². The van der Waals surface area contributed by atoms with E-state index in [1.807, 2.05) is 26.0 Å². The number of fused-ring (bicyclic) bond motifs is 2. The SMILES string of the molecule is CC(C)C(=O)Nc1cncc(-c2cc3c(-c4nc5c(-c6cc(F)cc(CCS(C)(=O)=O)c6)cncc5[nH]4)n[nH]c3cn2)c1. The van der Waals surface area contributed by atoms with Crippen LogP contribution in [0.1, 0.15) is 19.4 Å². The highest BCUT2D eigenvalue weighted by atomic mass is 32.2. The van der Waals surface area contributed by atoms with Crippen molar-refractivity contribution in [2.24, 2.45) is 5.92 Å². The number of imidazole rings is 1. The summed E-state index contributed by atoms with van der Waals surface area (Å²) < 4.78 is 37.9. The average Bonchev–Trinajstić information content (AvgIpc) is 3.59. The standard InChI is InChI=1S/C30H27FN8O3S/c1-16(2)30(40)35-21-9-19(11-32-12-21)24-10-22-25(15-34-24)38-39-28(22)29-36-26-14-33-13-23(27(26)37-29)18-6-17(7-20(31)8-18)4-5-43(3,41)42/h6-16H,4-5H2,1-3H3,(H,35,40)(H,36,37)(H,38,39). The molecule has 6 rings (SSSR count). The third kappa shape index (κ3) is 5.97. The average molecular weight is 599 g/mol. The zero-order valence-corrected chi connectivity index (χ0v) is 24.3. The number of benzene rings is 1. The highest BCUT2D eigenvalue weighted by Crippen LogP contribution is 2.33. The largest absolute Gasteiger partial charge is 0.335 e. The van der Waals surface area contributed by atoms with Crippen LogP contribution in [-0.2, 0) is 21.1 Å². The van der Waals surface area contributed by atoms with Crippen molar-refractivity contribution in [3.63, 3.8) is 0 Å².